The third kappa shape index (κ3) is 5.80. The third-order valence-corrected chi connectivity index (χ3v) is 4.89. The maximum absolute atomic E-state index is 12.5. The minimum absolute atomic E-state index is 0.000614. The van der Waals surface area contributed by atoms with Crippen molar-refractivity contribution in [1.82, 2.24) is 5.01 Å². The van der Waals surface area contributed by atoms with Crippen molar-refractivity contribution in [1.29, 1.82) is 0 Å². The number of halogens is 4. The molecule has 0 bridgehead atoms. The summed E-state index contributed by atoms with van der Waals surface area (Å²) in [5, 5.41) is 5.08. The van der Waals surface area contributed by atoms with Gasteiger partial charge < -0.3 is 9.47 Å². The molecule has 1 heterocycles. The van der Waals surface area contributed by atoms with Crippen molar-refractivity contribution in [3.05, 3.63) is 64.6 Å². The van der Waals surface area contributed by atoms with Crippen LogP contribution >= 0.6 is 24.0 Å². The Labute approximate surface area is 178 Å². The Morgan fingerprint density at radius 2 is 1.40 bits per heavy atom. The van der Waals surface area contributed by atoms with Gasteiger partial charge in [-0.1, -0.05) is 23.9 Å². The number of alkyl halides is 4. The fraction of sp³-hybridized carbons (Fsp3) is 0.105. The fourth-order valence-electron chi connectivity index (χ4n) is 2.32. The molecule has 0 unspecified atom stereocenters. The third-order valence-electron chi connectivity index (χ3n) is 3.60. The summed E-state index contributed by atoms with van der Waals surface area (Å²) in [5.74, 6) is -0.447. The van der Waals surface area contributed by atoms with E-state index in [1.807, 2.05) is 0 Å². The minimum Gasteiger partial charge on any atom is -0.435 e. The molecule has 0 radical (unpaired) electrons. The minimum atomic E-state index is -2.92. The first kappa shape index (κ1) is 21.8. The highest BCUT2D eigenvalue weighted by atomic mass is 32.2. The summed E-state index contributed by atoms with van der Waals surface area (Å²) >= 11 is 6.21. The first-order valence-corrected chi connectivity index (χ1v) is 9.46. The predicted molar refractivity (Wildman–Crippen MR) is 109 cm³/mol. The van der Waals surface area contributed by atoms with E-state index in [1.54, 1.807) is 6.08 Å². The largest absolute Gasteiger partial charge is 0.435 e. The molecular formula is C19H12F4N2O3S2. The summed E-state index contributed by atoms with van der Waals surface area (Å²) < 4.78 is 57.5. The predicted octanol–water partition coefficient (Wildman–Crippen LogP) is 5.12. The number of hydrogen-bond acceptors (Lipinski definition) is 6. The molecule has 0 spiro atoms. The molecule has 11 heteroatoms. The summed E-state index contributed by atoms with van der Waals surface area (Å²) in [4.78, 5) is 12.8. The summed E-state index contributed by atoms with van der Waals surface area (Å²) in [6.07, 6.45) is 2.91. The smallest absolute Gasteiger partial charge is 0.387 e. The van der Waals surface area contributed by atoms with Crippen LogP contribution in [-0.4, -0.2) is 34.7 Å². The van der Waals surface area contributed by atoms with E-state index in [1.165, 1.54) is 54.7 Å². The number of carbonyl (C=O) groups is 1. The van der Waals surface area contributed by atoms with Crippen molar-refractivity contribution in [3.63, 3.8) is 0 Å². The molecule has 156 valence electrons. The zero-order chi connectivity index (χ0) is 21.7. The molecule has 1 fully saturated rings. The molecule has 2 aromatic carbocycles. The van der Waals surface area contributed by atoms with Crippen molar-refractivity contribution in [2.45, 2.75) is 13.2 Å². The maximum atomic E-state index is 12.5. The molecule has 0 saturated carbocycles. The Bertz CT molecular complexity index is 980. The highest BCUT2D eigenvalue weighted by Gasteiger charge is 2.32. The summed E-state index contributed by atoms with van der Waals surface area (Å²) in [5.41, 5.74) is 1.14. The average Bonchev–Trinajstić information content (AvgIpc) is 2.95. The number of rotatable bonds is 7. The number of thioether (sulfide) groups is 1. The second kappa shape index (κ2) is 9.72. The van der Waals surface area contributed by atoms with Gasteiger partial charge in [0.05, 0.1) is 11.1 Å². The van der Waals surface area contributed by atoms with E-state index >= 15 is 0 Å². The molecule has 1 aliphatic rings. The van der Waals surface area contributed by atoms with E-state index in [9.17, 15) is 22.4 Å². The van der Waals surface area contributed by atoms with Crippen LogP contribution in [0.1, 0.15) is 11.1 Å². The van der Waals surface area contributed by atoms with E-state index in [0.29, 0.717) is 16.0 Å². The van der Waals surface area contributed by atoms with Crippen LogP contribution in [-0.2, 0) is 4.79 Å². The second-order valence-electron chi connectivity index (χ2n) is 5.63. The van der Waals surface area contributed by atoms with E-state index in [-0.39, 0.29) is 15.8 Å². The Morgan fingerprint density at radius 3 is 1.90 bits per heavy atom. The lowest BCUT2D eigenvalue weighted by Crippen LogP contribution is -2.22. The number of hydrazone groups is 1. The number of ether oxygens (including phenoxy) is 2. The number of nitrogens with zero attached hydrogens (tertiary/aromatic N) is 2. The first-order valence-electron chi connectivity index (χ1n) is 8.23. The average molecular weight is 456 g/mol. The van der Waals surface area contributed by atoms with Gasteiger partial charge in [0.2, 0.25) is 0 Å². The van der Waals surface area contributed by atoms with Crippen molar-refractivity contribution >= 4 is 46.5 Å². The molecule has 0 aliphatic carbocycles. The van der Waals surface area contributed by atoms with Crippen LogP contribution < -0.4 is 9.47 Å². The molecule has 1 saturated heterocycles. The Morgan fingerprint density at radius 1 is 0.900 bits per heavy atom. The normalized spacial score (nSPS) is 15.8. The summed E-state index contributed by atoms with van der Waals surface area (Å²) in [6, 6.07) is 11.5. The molecule has 0 N–H and O–H groups in total. The lowest BCUT2D eigenvalue weighted by atomic mass is 10.2. The van der Waals surface area contributed by atoms with E-state index < -0.39 is 19.1 Å². The van der Waals surface area contributed by atoms with Crippen LogP contribution in [0.4, 0.5) is 17.6 Å². The second-order valence-corrected chi connectivity index (χ2v) is 7.31. The molecule has 5 nitrogen and oxygen atoms in total. The number of thiocarbonyl (C=S) groups is 1. The van der Waals surface area contributed by atoms with Crippen LogP contribution in [0.3, 0.4) is 0 Å². The molecule has 30 heavy (non-hydrogen) atoms. The highest BCUT2D eigenvalue weighted by molar-refractivity contribution is 8.26. The topological polar surface area (TPSA) is 51.1 Å². The van der Waals surface area contributed by atoms with Crippen LogP contribution in [0.5, 0.6) is 11.5 Å². The summed E-state index contributed by atoms with van der Waals surface area (Å²) in [7, 11) is 0. The Kier molecular flexibility index (Phi) is 7.06. The van der Waals surface area contributed by atoms with Gasteiger partial charge in [0.15, 0.2) is 4.32 Å². The molecule has 1 aliphatic heterocycles. The molecule has 0 aromatic heterocycles. The van der Waals surface area contributed by atoms with Crippen LogP contribution in [0.15, 0.2) is 58.5 Å². The summed E-state index contributed by atoms with van der Waals surface area (Å²) in [6.45, 7) is -5.84. The van der Waals surface area contributed by atoms with Gasteiger partial charge in [-0.05, 0) is 65.8 Å². The van der Waals surface area contributed by atoms with E-state index in [2.05, 4.69) is 14.6 Å². The van der Waals surface area contributed by atoms with Gasteiger partial charge in [0.1, 0.15) is 11.5 Å². The monoisotopic (exact) mass is 456 g/mol. The molecule has 0 atom stereocenters. The van der Waals surface area contributed by atoms with Crippen molar-refractivity contribution in [2.75, 3.05) is 0 Å². The van der Waals surface area contributed by atoms with Gasteiger partial charge in [-0.15, -0.1) is 0 Å². The zero-order valence-corrected chi connectivity index (χ0v) is 16.5. The van der Waals surface area contributed by atoms with Crippen molar-refractivity contribution in [2.24, 2.45) is 5.10 Å². The van der Waals surface area contributed by atoms with Crippen molar-refractivity contribution in [3.8, 4) is 11.5 Å². The molecule has 3 rings (SSSR count). The van der Waals surface area contributed by atoms with Gasteiger partial charge in [-0.3, -0.25) is 4.79 Å². The quantitative estimate of drug-likeness (QED) is 0.250. The number of carbonyl (C=O) groups excluding carboxylic acids is 1. The van der Waals surface area contributed by atoms with Crippen molar-refractivity contribution < 1.29 is 31.8 Å². The van der Waals surface area contributed by atoms with E-state index in [4.69, 9.17) is 12.2 Å². The van der Waals surface area contributed by atoms with Gasteiger partial charge in [-0.2, -0.15) is 27.7 Å². The fourth-order valence-corrected chi connectivity index (χ4v) is 3.49. The van der Waals surface area contributed by atoms with Crippen LogP contribution in [0, 0.1) is 0 Å². The van der Waals surface area contributed by atoms with Crippen LogP contribution in [0.25, 0.3) is 6.08 Å². The molecule has 2 aromatic rings. The number of hydrogen-bond donors (Lipinski definition) is 0. The van der Waals surface area contributed by atoms with Gasteiger partial charge in [0, 0.05) is 0 Å². The lowest BCUT2D eigenvalue weighted by Gasteiger charge is -2.07. The zero-order valence-electron chi connectivity index (χ0n) is 14.9. The van der Waals surface area contributed by atoms with Crippen LogP contribution in [0.2, 0.25) is 0 Å². The van der Waals surface area contributed by atoms with Gasteiger partial charge in [-0.25, -0.2) is 0 Å². The van der Waals surface area contributed by atoms with Gasteiger partial charge >= 0.3 is 13.2 Å². The molecular weight excluding hydrogens is 444 g/mol. The van der Waals surface area contributed by atoms with E-state index in [0.717, 1.165) is 16.8 Å². The van der Waals surface area contributed by atoms with Gasteiger partial charge in [0.25, 0.3) is 5.91 Å². The SMILES string of the molecule is O=C1/C(=C\c2ccc(OC(F)F)cc2)SC(=S)N1/N=C/c1ccc(OC(F)F)cc1. The Hall–Kier alpha value is -2.92. The number of amides is 1. The number of benzene rings is 2. The standard InChI is InChI=1S/C19H12F4N2O3S2/c20-17(21)27-13-5-1-11(2-6-13)9-15-16(26)25(19(29)30-15)24-10-12-3-7-14(8-4-12)28-18(22)23/h1-10,17-18H/b15-9+,24-10+. The molecule has 1 amide bonds. The first-order chi connectivity index (χ1) is 14.3. The Balaban J connectivity index is 1.68. The lowest BCUT2D eigenvalue weighted by molar-refractivity contribution is -0.122. The highest BCUT2D eigenvalue weighted by Crippen LogP contribution is 2.33. The maximum Gasteiger partial charge on any atom is 0.387 e.